The minimum Gasteiger partial charge on any atom is -0.329 e. The monoisotopic (exact) mass is 210 g/mol. The smallest absolute Gasteiger partial charge is 0.250 e. The van der Waals surface area contributed by atoms with Crippen LogP contribution in [0.25, 0.3) is 0 Å². The Labute approximate surface area is 81.6 Å². The molecule has 3 N–H and O–H groups in total. The van der Waals surface area contributed by atoms with Gasteiger partial charge in [0.1, 0.15) is 0 Å². The molecule has 0 saturated carbocycles. The maximum atomic E-state index is 12.0. The van der Waals surface area contributed by atoms with E-state index in [1.165, 1.54) is 0 Å². The van der Waals surface area contributed by atoms with Gasteiger partial charge in [0.05, 0.1) is 6.54 Å². The summed E-state index contributed by atoms with van der Waals surface area (Å²) >= 11 is 1.79. The van der Waals surface area contributed by atoms with Crippen LogP contribution in [-0.2, 0) is 0 Å². The van der Waals surface area contributed by atoms with Gasteiger partial charge < -0.3 is 11.1 Å². The zero-order chi connectivity index (χ0) is 9.90. The van der Waals surface area contributed by atoms with E-state index in [-0.39, 0.29) is 12.1 Å². The van der Waals surface area contributed by atoms with E-state index >= 15 is 0 Å². The van der Waals surface area contributed by atoms with Gasteiger partial charge in [0.2, 0.25) is 0 Å². The van der Waals surface area contributed by atoms with Crippen LogP contribution in [0.5, 0.6) is 0 Å². The Bertz CT molecular complexity index is 168. The molecule has 78 valence electrons. The first-order chi connectivity index (χ1) is 6.10. The molecule has 0 aromatic carbocycles. The Morgan fingerprint density at radius 1 is 1.69 bits per heavy atom. The molecule has 2 nitrogen and oxygen atoms in total. The molecule has 0 aliphatic carbocycles. The molecule has 2 atom stereocenters. The summed E-state index contributed by atoms with van der Waals surface area (Å²) in [5.74, 6) is 1.01. The highest BCUT2D eigenvalue weighted by molar-refractivity contribution is 8.00. The minimum atomic E-state index is -2.29. The van der Waals surface area contributed by atoms with Crippen molar-refractivity contribution >= 4 is 11.8 Å². The van der Waals surface area contributed by atoms with E-state index < -0.39 is 6.43 Å². The van der Waals surface area contributed by atoms with E-state index in [4.69, 9.17) is 5.73 Å². The lowest BCUT2D eigenvalue weighted by molar-refractivity contribution is 0.130. The fraction of sp³-hybridized carbons (Fsp3) is 1.00. The predicted molar refractivity (Wildman–Crippen MR) is 52.3 cm³/mol. The van der Waals surface area contributed by atoms with Crippen LogP contribution in [0.1, 0.15) is 13.3 Å². The van der Waals surface area contributed by atoms with Crippen molar-refractivity contribution in [2.45, 2.75) is 30.6 Å². The summed E-state index contributed by atoms with van der Waals surface area (Å²) < 4.78 is 24.0. The van der Waals surface area contributed by atoms with Gasteiger partial charge in [-0.15, -0.1) is 0 Å². The summed E-state index contributed by atoms with van der Waals surface area (Å²) in [6, 6.07) is 0. The SMILES string of the molecule is CC1SCCC1(CN)NCC(F)F. The normalized spacial score (nSPS) is 34.4. The second-order valence-electron chi connectivity index (χ2n) is 3.40. The van der Waals surface area contributed by atoms with E-state index in [0.29, 0.717) is 11.8 Å². The van der Waals surface area contributed by atoms with Crippen molar-refractivity contribution in [3.8, 4) is 0 Å². The van der Waals surface area contributed by atoms with Crippen LogP contribution in [-0.4, -0.2) is 36.1 Å². The molecule has 1 aliphatic heterocycles. The highest BCUT2D eigenvalue weighted by atomic mass is 32.2. The number of hydrogen-bond donors (Lipinski definition) is 2. The molecular weight excluding hydrogens is 194 g/mol. The standard InChI is InChI=1S/C8H16F2N2S/c1-6-8(5-11,2-3-13-6)12-4-7(9)10/h6-7,12H,2-5,11H2,1H3. The first kappa shape index (κ1) is 11.2. The first-order valence-electron chi connectivity index (χ1n) is 4.45. The largest absolute Gasteiger partial charge is 0.329 e. The Morgan fingerprint density at radius 3 is 2.77 bits per heavy atom. The van der Waals surface area contributed by atoms with Crippen molar-refractivity contribution in [2.75, 3.05) is 18.8 Å². The van der Waals surface area contributed by atoms with Crippen LogP contribution >= 0.6 is 11.8 Å². The van der Waals surface area contributed by atoms with Gasteiger partial charge in [-0.2, -0.15) is 11.8 Å². The molecular formula is C8H16F2N2S. The van der Waals surface area contributed by atoms with E-state index in [1.54, 1.807) is 11.8 Å². The van der Waals surface area contributed by atoms with Gasteiger partial charge in [0.25, 0.3) is 6.43 Å². The van der Waals surface area contributed by atoms with Crippen LogP contribution in [0.15, 0.2) is 0 Å². The summed E-state index contributed by atoms with van der Waals surface area (Å²) in [5, 5.41) is 3.23. The summed E-state index contributed by atoms with van der Waals surface area (Å²) in [6.45, 7) is 2.24. The molecule has 0 aromatic heterocycles. The number of halogens is 2. The fourth-order valence-electron chi connectivity index (χ4n) is 1.63. The Hall–Kier alpha value is 0.130. The van der Waals surface area contributed by atoms with Crippen LogP contribution in [0, 0.1) is 0 Å². The second-order valence-corrected chi connectivity index (χ2v) is 4.84. The third-order valence-corrected chi connectivity index (χ3v) is 4.06. The predicted octanol–water partition coefficient (Wildman–Crippen LogP) is 1.06. The first-order valence-corrected chi connectivity index (χ1v) is 5.50. The maximum absolute atomic E-state index is 12.0. The minimum absolute atomic E-state index is 0.248. The number of rotatable bonds is 4. The number of hydrogen-bond acceptors (Lipinski definition) is 3. The lowest BCUT2D eigenvalue weighted by Gasteiger charge is -2.32. The van der Waals surface area contributed by atoms with Gasteiger partial charge in [-0.1, -0.05) is 6.92 Å². The third kappa shape index (κ3) is 2.54. The molecule has 0 bridgehead atoms. The highest BCUT2D eigenvalue weighted by Gasteiger charge is 2.39. The molecule has 5 heteroatoms. The molecule has 0 aromatic rings. The molecule has 0 amide bonds. The van der Waals surface area contributed by atoms with Crippen molar-refractivity contribution in [2.24, 2.45) is 5.73 Å². The van der Waals surface area contributed by atoms with Crippen molar-refractivity contribution < 1.29 is 8.78 Å². The second kappa shape index (κ2) is 4.57. The number of alkyl halides is 2. The van der Waals surface area contributed by atoms with Gasteiger partial charge in [-0.3, -0.25) is 0 Å². The number of thioether (sulfide) groups is 1. The summed E-state index contributed by atoms with van der Waals surface area (Å²) in [4.78, 5) is 0. The fourth-order valence-corrected chi connectivity index (χ4v) is 3.09. The van der Waals surface area contributed by atoms with E-state index in [2.05, 4.69) is 5.32 Å². The molecule has 2 unspecified atom stereocenters. The van der Waals surface area contributed by atoms with E-state index in [1.807, 2.05) is 6.92 Å². The van der Waals surface area contributed by atoms with Gasteiger partial charge in [0, 0.05) is 17.3 Å². The average Bonchev–Trinajstić information content (AvgIpc) is 2.45. The summed E-state index contributed by atoms with van der Waals surface area (Å²) in [7, 11) is 0. The van der Waals surface area contributed by atoms with E-state index in [9.17, 15) is 8.78 Å². The van der Waals surface area contributed by atoms with Gasteiger partial charge >= 0.3 is 0 Å². The van der Waals surface area contributed by atoms with Gasteiger partial charge in [-0.25, -0.2) is 8.78 Å². The quantitative estimate of drug-likeness (QED) is 0.729. The molecule has 0 radical (unpaired) electrons. The highest BCUT2D eigenvalue weighted by Crippen LogP contribution is 2.34. The molecule has 1 heterocycles. The molecule has 1 saturated heterocycles. The van der Waals surface area contributed by atoms with Crippen LogP contribution in [0.4, 0.5) is 8.78 Å². The van der Waals surface area contributed by atoms with Crippen LogP contribution in [0.3, 0.4) is 0 Å². The summed E-state index contributed by atoms with van der Waals surface area (Å²) in [5.41, 5.74) is 5.36. The van der Waals surface area contributed by atoms with Crippen LogP contribution in [0.2, 0.25) is 0 Å². The number of nitrogens with one attached hydrogen (secondary N) is 1. The average molecular weight is 210 g/mol. The zero-order valence-electron chi connectivity index (χ0n) is 7.72. The lowest BCUT2D eigenvalue weighted by atomic mass is 9.93. The molecule has 1 rings (SSSR count). The molecule has 1 fully saturated rings. The molecule has 13 heavy (non-hydrogen) atoms. The van der Waals surface area contributed by atoms with Crippen molar-refractivity contribution in [1.29, 1.82) is 0 Å². The molecule has 0 spiro atoms. The van der Waals surface area contributed by atoms with Crippen molar-refractivity contribution in [3.05, 3.63) is 0 Å². The Morgan fingerprint density at radius 2 is 2.38 bits per heavy atom. The lowest BCUT2D eigenvalue weighted by Crippen LogP contribution is -2.56. The third-order valence-electron chi connectivity index (χ3n) is 2.67. The summed E-state index contributed by atoms with van der Waals surface area (Å²) in [6.07, 6.45) is -1.40. The van der Waals surface area contributed by atoms with Crippen LogP contribution < -0.4 is 11.1 Å². The van der Waals surface area contributed by atoms with E-state index in [0.717, 1.165) is 12.2 Å². The van der Waals surface area contributed by atoms with Crippen molar-refractivity contribution in [3.63, 3.8) is 0 Å². The topological polar surface area (TPSA) is 38.0 Å². The maximum Gasteiger partial charge on any atom is 0.250 e. The number of nitrogens with two attached hydrogens (primary N) is 1. The zero-order valence-corrected chi connectivity index (χ0v) is 8.54. The Kier molecular flexibility index (Phi) is 3.94. The van der Waals surface area contributed by atoms with Crippen molar-refractivity contribution in [1.82, 2.24) is 5.32 Å². The van der Waals surface area contributed by atoms with Gasteiger partial charge in [-0.05, 0) is 12.2 Å². The molecule has 1 aliphatic rings. The van der Waals surface area contributed by atoms with Gasteiger partial charge in [0.15, 0.2) is 0 Å². The Balaban J connectivity index is 2.49.